The molecule has 4 fully saturated rings. The maximum atomic E-state index is 6.06. The topological polar surface area (TPSA) is 52.0 Å². The number of fused-ring (bicyclic) bond motifs is 5. The molecule has 0 bridgehead atoms. The van der Waals surface area contributed by atoms with Crippen LogP contribution in [0.4, 0.5) is 5.69 Å². The molecule has 4 aliphatic rings. The van der Waals surface area contributed by atoms with E-state index in [4.69, 9.17) is 19.3 Å². The van der Waals surface area contributed by atoms with E-state index in [1.165, 1.54) is 69.8 Å². The van der Waals surface area contributed by atoms with Crippen molar-refractivity contribution in [2.24, 2.45) is 58.5 Å². The number of hydrogen-bond donors (Lipinski definition) is 2. The van der Waals surface area contributed by atoms with Crippen LogP contribution in [0.25, 0.3) is 5.57 Å². The maximum Gasteiger partial charge on any atom is 0.113 e. The van der Waals surface area contributed by atoms with E-state index < -0.39 is 0 Å². The predicted molar refractivity (Wildman–Crippen MR) is 186 cm³/mol. The van der Waals surface area contributed by atoms with Gasteiger partial charge < -0.3 is 11.5 Å². The van der Waals surface area contributed by atoms with Gasteiger partial charge in [0.05, 0.1) is 0 Å². The predicted octanol–water partition coefficient (Wildman–Crippen LogP) is 9.83. The highest BCUT2D eigenvalue weighted by Gasteiger charge is 2.56. The lowest BCUT2D eigenvalue weighted by Gasteiger charge is -2.59. The van der Waals surface area contributed by atoms with E-state index in [1.54, 1.807) is 19.3 Å². The minimum absolute atomic E-state index is 0.586. The monoisotopic (exact) mass is 571 g/mol. The first kappa shape index (κ1) is 33.3. The molecule has 0 saturated heterocycles. The SMILES string of the molecule is CC/C=C(\C)N.[B]c1cc(N)cc(C(=C)CC2CCC3(C)C(CCC4C5CCC(CCCCC(C)C)C5CCC43)C2)c1. The molecule has 232 valence electrons. The molecule has 0 amide bonds. The quantitative estimate of drug-likeness (QED) is 0.176. The number of allylic oxidation sites excluding steroid dienone is 3. The molecule has 8 unspecified atom stereocenters. The second-order valence-corrected chi connectivity index (χ2v) is 15.7. The van der Waals surface area contributed by atoms with Gasteiger partial charge in [0, 0.05) is 11.4 Å². The Hall–Kier alpha value is -1.64. The Balaban J connectivity index is 0.000000612. The van der Waals surface area contributed by atoms with E-state index in [0.29, 0.717) is 5.41 Å². The van der Waals surface area contributed by atoms with E-state index in [0.717, 1.165) is 82.6 Å². The lowest BCUT2D eigenvalue weighted by atomic mass is 9.46. The first-order valence-corrected chi connectivity index (χ1v) is 17.8. The molecule has 4 N–H and O–H groups in total. The van der Waals surface area contributed by atoms with Crippen LogP contribution in [-0.2, 0) is 0 Å². The van der Waals surface area contributed by atoms with Crippen molar-refractivity contribution in [3.63, 3.8) is 0 Å². The number of nitrogen functional groups attached to an aromatic ring is 1. The third-order valence-corrected chi connectivity index (χ3v) is 12.3. The highest BCUT2D eigenvalue weighted by atomic mass is 14.6. The zero-order valence-corrected chi connectivity index (χ0v) is 28.0. The summed E-state index contributed by atoms with van der Waals surface area (Å²) in [5, 5.41) is 0. The van der Waals surface area contributed by atoms with Gasteiger partial charge in [-0.3, -0.25) is 0 Å². The van der Waals surface area contributed by atoms with Crippen molar-refractivity contribution >= 4 is 24.6 Å². The van der Waals surface area contributed by atoms with Gasteiger partial charge in [0.25, 0.3) is 0 Å². The standard InChI is InChI=1S/C34H52BN.C5H11N/c1-22(2)7-5-6-8-25-9-11-31-30(25)13-14-33-32(31)12-10-27-18-24(15-16-34(27,33)4)17-23(3)26-19-28(35)21-29(36)20-26;1-3-4-5(2)6/h19-22,24-25,27,30-33H,3,5-18,36H2,1-2,4H3;4H,3,6H2,1-2H3/b;5-4+. The molecule has 0 heterocycles. The van der Waals surface area contributed by atoms with Gasteiger partial charge in [-0.2, -0.15) is 0 Å². The molecule has 1 aromatic rings. The van der Waals surface area contributed by atoms with Gasteiger partial charge >= 0.3 is 0 Å². The zero-order chi connectivity index (χ0) is 30.4. The number of benzene rings is 1. The van der Waals surface area contributed by atoms with Crippen LogP contribution in [0.3, 0.4) is 0 Å². The van der Waals surface area contributed by atoms with Crippen LogP contribution in [0, 0.1) is 52.8 Å². The largest absolute Gasteiger partial charge is 0.403 e. The van der Waals surface area contributed by atoms with Crippen molar-refractivity contribution < 1.29 is 0 Å². The summed E-state index contributed by atoms with van der Waals surface area (Å²) in [5.74, 6) is 7.77. The van der Waals surface area contributed by atoms with Crippen molar-refractivity contribution in [3.8, 4) is 0 Å². The number of rotatable bonds is 9. The summed E-state index contributed by atoms with van der Waals surface area (Å²) >= 11 is 0. The van der Waals surface area contributed by atoms with Crippen molar-refractivity contribution in [1.29, 1.82) is 0 Å². The van der Waals surface area contributed by atoms with Crippen LogP contribution in [0.1, 0.15) is 136 Å². The van der Waals surface area contributed by atoms with Gasteiger partial charge in [0.2, 0.25) is 0 Å². The molecular formula is C39H63BN2. The Morgan fingerprint density at radius 1 is 1.02 bits per heavy atom. The van der Waals surface area contributed by atoms with Crippen LogP contribution in [0.5, 0.6) is 0 Å². The van der Waals surface area contributed by atoms with E-state index >= 15 is 0 Å². The summed E-state index contributed by atoms with van der Waals surface area (Å²) in [6.07, 6.45) is 23.4. The molecule has 42 heavy (non-hydrogen) atoms. The average molecular weight is 571 g/mol. The molecule has 2 radical (unpaired) electrons. The minimum atomic E-state index is 0.586. The number of anilines is 1. The van der Waals surface area contributed by atoms with Crippen molar-refractivity contribution in [1.82, 2.24) is 0 Å². The molecule has 0 aromatic heterocycles. The molecule has 8 atom stereocenters. The molecular weight excluding hydrogens is 507 g/mol. The molecule has 4 aliphatic carbocycles. The second kappa shape index (κ2) is 14.9. The van der Waals surface area contributed by atoms with E-state index in [9.17, 15) is 0 Å². The fourth-order valence-electron chi connectivity index (χ4n) is 10.3. The fraction of sp³-hybridized carbons (Fsp3) is 0.744. The first-order chi connectivity index (χ1) is 20.0. The van der Waals surface area contributed by atoms with Gasteiger partial charge in [0.15, 0.2) is 0 Å². The Bertz CT molecular complexity index is 1030. The third kappa shape index (κ3) is 8.09. The Morgan fingerprint density at radius 3 is 2.43 bits per heavy atom. The van der Waals surface area contributed by atoms with Crippen LogP contribution >= 0.6 is 0 Å². The Kier molecular flexibility index (Phi) is 11.8. The number of hydrogen-bond acceptors (Lipinski definition) is 2. The summed E-state index contributed by atoms with van der Waals surface area (Å²) in [6.45, 7) is 15.9. The minimum Gasteiger partial charge on any atom is -0.403 e. The van der Waals surface area contributed by atoms with Crippen molar-refractivity contribution in [2.45, 2.75) is 131 Å². The van der Waals surface area contributed by atoms with Crippen LogP contribution in [0.15, 0.2) is 36.6 Å². The van der Waals surface area contributed by atoms with E-state index in [-0.39, 0.29) is 0 Å². The van der Waals surface area contributed by atoms with Gasteiger partial charge in [-0.05, 0) is 154 Å². The average Bonchev–Trinajstić information content (AvgIpc) is 3.34. The summed E-state index contributed by atoms with van der Waals surface area (Å²) in [5.41, 5.74) is 16.7. The molecule has 4 saturated carbocycles. The normalized spacial score (nSPS) is 34.1. The second-order valence-electron chi connectivity index (χ2n) is 15.7. The summed E-state index contributed by atoms with van der Waals surface area (Å²) in [4.78, 5) is 0. The molecule has 1 aromatic carbocycles. The lowest BCUT2D eigenvalue weighted by molar-refractivity contribution is -0.0962. The van der Waals surface area contributed by atoms with E-state index in [1.807, 2.05) is 19.1 Å². The van der Waals surface area contributed by atoms with Gasteiger partial charge in [-0.1, -0.05) is 77.6 Å². The molecule has 5 rings (SSSR count). The molecule has 3 heteroatoms. The highest BCUT2D eigenvalue weighted by Crippen LogP contribution is 2.65. The highest BCUT2D eigenvalue weighted by molar-refractivity contribution is 6.32. The summed E-state index contributed by atoms with van der Waals surface area (Å²) in [6, 6.07) is 5.94. The van der Waals surface area contributed by atoms with Gasteiger partial charge in [0.1, 0.15) is 7.85 Å². The Labute approximate surface area is 261 Å². The van der Waals surface area contributed by atoms with Crippen LogP contribution in [-0.4, -0.2) is 7.85 Å². The van der Waals surface area contributed by atoms with Crippen LogP contribution in [0.2, 0.25) is 0 Å². The van der Waals surface area contributed by atoms with Gasteiger partial charge in [-0.15, -0.1) is 0 Å². The van der Waals surface area contributed by atoms with Crippen molar-refractivity contribution in [2.75, 3.05) is 5.73 Å². The number of unbranched alkanes of at least 4 members (excludes halogenated alkanes) is 1. The molecule has 2 nitrogen and oxygen atoms in total. The zero-order valence-electron chi connectivity index (χ0n) is 28.0. The fourth-order valence-corrected chi connectivity index (χ4v) is 10.3. The summed E-state index contributed by atoms with van der Waals surface area (Å²) in [7, 11) is 6.06. The number of nitrogens with two attached hydrogens (primary N) is 2. The van der Waals surface area contributed by atoms with Crippen LogP contribution < -0.4 is 16.9 Å². The first-order valence-electron chi connectivity index (χ1n) is 17.8. The molecule has 0 aliphatic heterocycles. The maximum absolute atomic E-state index is 6.06. The van der Waals surface area contributed by atoms with Crippen molar-refractivity contribution in [3.05, 3.63) is 42.1 Å². The third-order valence-electron chi connectivity index (χ3n) is 12.3. The molecule has 0 spiro atoms. The summed E-state index contributed by atoms with van der Waals surface area (Å²) < 4.78 is 0. The smallest absolute Gasteiger partial charge is 0.113 e. The van der Waals surface area contributed by atoms with E-state index in [2.05, 4.69) is 46.4 Å². The van der Waals surface area contributed by atoms with Gasteiger partial charge in [-0.25, -0.2) is 0 Å². The Morgan fingerprint density at radius 2 is 1.76 bits per heavy atom. The lowest BCUT2D eigenvalue weighted by Crippen LogP contribution is -2.51.